The fraction of sp³-hybridized carbons (Fsp3) is 0.556. The topological polar surface area (TPSA) is 58.2 Å². The van der Waals surface area contributed by atoms with Crippen LogP contribution in [-0.2, 0) is 16.8 Å². The summed E-state index contributed by atoms with van der Waals surface area (Å²) in [4.78, 5) is 0.968. The minimum Gasteiger partial charge on any atom is -0.202 e. The summed E-state index contributed by atoms with van der Waals surface area (Å²) in [6.07, 6.45) is 0. The molecule has 2 N–H and O–H groups in total. The Morgan fingerprint density at radius 3 is 2.62 bits per heavy atom. The molecule has 0 saturated carbocycles. The molecule has 0 radical (unpaired) electrons. The van der Waals surface area contributed by atoms with Gasteiger partial charge in [0.05, 0.1) is 0 Å². The number of halogens is 1. The smallest absolute Gasteiger partial charge is 0.202 e. The lowest BCUT2D eigenvalue weighted by molar-refractivity contribution is 0.547. The van der Waals surface area contributed by atoms with Crippen LogP contribution >= 0.6 is 27.3 Å². The Balaban J connectivity index is 2.45. The lowest BCUT2D eigenvalue weighted by atomic mass is 10.2. The molecule has 1 rings (SSSR count). The molecule has 4 nitrogen and oxygen atoms in total. The van der Waals surface area contributed by atoms with E-state index in [2.05, 4.69) is 25.4 Å². The van der Waals surface area contributed by atoms with Crippen LogP contribution < -0.4 is 9.44 Å². The third kappa shape index (κ3) is 4.92. The summed E-state index contributed by atoms with van der Waals surface area (Å²) in [7, 11) is -3.38. The molecule has 1 heterocycles. The summed E-state index contributed by atoms with van der Waals surface area (Å²) in [6, 6.07) is 1.90. The van der Waals surface area contributed by atoms with E-state index in [1.807, 2.05) is 25.3 Å². The second-order valence-electron chi connectivity index (χ2n) is 3.76. The Morgan fingerprint density at radius 1 is 1.44 bits per heavy atom. The molecule has 0 aromatic carbocycles. The van der Waals surface area contributed by atoms with Crippen LogP contribution in [0.5, 0.6) is 0 Å². The van der Waals surface area contributed by atoms with Gasteiger partial charge in [-0.3, -0.25) is 0 Å². The number of rotatable bonds is 6. The van der Waals surface area contributed by atoms with E-state index >= 15 is 0 Å². The van der Waals surface area contributed by atoms with Gasteiger partial charge in [-0.25, -0.2) is 4.72 Å². The molecule has 0 amide bonds. The summed E-state index contributed by atoms with van der Waals surface area (Å²) >= 11 is 4.86. The van der Waals surface area contributed by atoms with E-state index in [4.69, 9.17) is 0 Å². The molecule has 0 aliphatic heterocycles. The van der Waals surface area contributed by atoms with Crippen LogP contribution in [0.4, 0.5) is 0 Å². The van der Waals surface area contributed by atoms with Gasteiger partial charge in [0.1, 0.15) is 0 Å². The maximum atomic E-state index is 11.5. The summed E-state index contributed by atoms with van der Waals surface area (Å²) in [5.74, 6) is 0.296. The molecule has 0 saturated heterocycles. The number of hydrogen-bond donors (Lipinski definition) is 2. The average molecular weight is 327 g/mol. The molecular weight excluding hydrogens is 312 g/mol. The van der Waals surface area contributed by atoms with Gasteiger partial charge in [0.2, 0.25) is 0 Å². The van der Waals surface area contributed by atoms with E-state index < -0.39 is 10.2 Å². The van der Waals surface area contributed by atoms with Crippen LogP contribution in [-0.4, -0.2) is 15.0 Å². The molecule has 92 valence electrons. The lowest BCUT2D eigenvalue weighted by Crippen LogP contribution is -2.37. The van der Waals surface area contributed by atoms with Crippen molar-refractivity contribution in [1.29, 1.82) is 0 Å². The SMILES string of the molecule is CC(C)CNS(=O)(=O)NCc1sccc1Br. The van der Waals surface area contributed by atoms with Gasteiger partial charge in [-0.1, -0.05) is 13.8 Å². The molecule has 0 spiro atoms. The Bertz CT molecular complexity index is 428. The number of nitrogens with one attached hydrogen (secondary N) is 2. The molecule has 1 aromatic rings. The van der Waals surface area contributed by atoms with E-state index in [1.165, 1.54) is 11.3 Å². The van der Waals surface area contributed by atoms with Crippen molar-refractivity contribution in [2.45, 2.75) is 20.4 Å². The van der Waals surface area contributed by atoms with Crippen LogP contribution in [0.25, 0.3) is 0 Å². The van der Waals surface area contributed by atoms with Gasteiger partial charge in [-0.15, -0.1) is 11.3 Å². The Hall–Kier alpha value is 0.0500. The highest BCUT2D eigenvalue weighted by molar-refractivity contribution is 9.10. The van der Waals surface area contributed by atoms with E-state index in [1.54, 1.807) is 0 Å². The van der Waals surface area contributed by atoms with Gasteiger partial charge < -0.3 is 0 Å². The van der Waals surface area contributed by atoms with Crippen molar-refractivity contribution >= 4 is 37.5 Å². The van der Waals surface area contributed by atoms with Crippen LogP contribution in [0, 0.1) is 5.92 Å². The first kappa shape index (κ1) is 14.1. The van der Waals surface area contributed by atoms with Crippen molar-refractivity contribution in [2.75, 3.05) is 6.54 Å². The Morgan fingerprint density at radius 2 is 2.12 bits per heavy atom. The molecule has 0 atom stereocenters. The van der Waals surface area contributed by atoms with Crippen LogP contribution in [0.1, 0.15) is 18.7 Å². The Kier molecular flexibility index (Phi) is 5.39. The van der Waals surface area contributed by atoms with Crippen molar-refractivity contribution in [1.82, 2.24) is 9.44 Å². The second-order valence-corrected chi connectivity index (χ2v) is 7.20. The number of hydrogen-bond acceptors (Lipinski definition) is 3. The zero-order valence-electron chi connectivity index (χ0n) is 9.16. The summed E-state index contributed by atoms with van der Waals surface area (Å²) < 4.78 is 28.9. The van der Waals surface area contributed by atoms with Crippen molar-refractivity contribution in [3.63, 3.8) is 0 Å². The van der Waals surface area contributed by atoms with E-state index in [0.29, 0.717) is 19.0 Å². The first-order chi connectivity index (χ1) is 7.41. The lowest BCUT2D eigenvalue weighted by Gasteiger charge is -2.09. The molecular formula is C9H15BrN2O2S2. The zero-order valence-corrected chi connectivity index (χ0v) is 12.4. The minimum absolute atomic E-state index is 0.296. The quantitative estimate of drug-likeness (QED) is 0.841. The molecule has 16 heavy (non-hydrogen) atoms. The fourth-order valence-electron chi connectivity index (χ4n) is 0.939. The maximum Gasteiger partial charge on any atom is 0.277 e. The molecule has 0 aliphatic rings. The molecule has 0 unspecified atom stereocenters. The first-order valence-electron chi connectivity index (χ1n) is 4.87. The third-order valence-corrected chi connectivity index (χ3v) is 4.79. The highest BCUT2D eigenvalue weighted by atomic mass is 79.9. The standard InChI is InChI=1S/C9H15BrN2O2S2/c1-7(2)5-11-16(13,14)12-6-9-8(10)3-4-15-9/h3-4,7,11-12H,5-6H2,1-2H3. The van der Waals surface area contributed by atoms with Crippen molar-refractivity contribution < 1.29 is 8.42 Å². The van der Waals surface area contributed by atoms with Gasteiger partial charge >= 0.3 is 0 Å². The molecule has 0 bridgehead atoms. The Labute approximate surface area is 109 Å². The fourth-order valence-corrected chi connectivity index (χ4v) is 3.45. The normalized spacial score (nSPS) is 12.2. The largest absolute Gasteiger partial charge is 0.277 e. The van der Waals surface area contributed by atoms with Crippen LogP contribution in [0.2, 0.25) is 0 Å². The van der Waals surface area contributed by atoms with Gasteiger partial charge in [0.15, 0.2) is 0 Å². The monoisotopic (exact) mass is 326 g/mol. The summed E-state index contributed by atoms with van der Waals surface area (Å²) in [5, 5.41) is 1.91. The van der Waals surface area contributed by atoms with E-state index in [-0.39, 0.29) is 0 Å². The van der Waals surface area contributed by atoms with Crippen LogP contribution in [0.3, 0.4) is 0 Å². The molecule has 0 aliphatic carbocycles. The van der Waals surface area contributed by atoms with Crippen molar-refractivity contribution in [3.05, 3.63) is 20.8 Å². The highest BCUT2D eigenvalue weighted by Gasteiger charge is 2.11. The van der Waals surface area contributed by atoms with Gasteiger partial charge in [-0.05, 0) is 33.3 Å². The first-order valence-corrected chi connectivity index (χ1v) is 8.02. The third-order valence-electron chi connectivity index (χ3n) is 1.80. The van der Waals surface area contributed by atoms with Gasteiger partial charge in [0, 0.05) is 22.4 Å². The zero-order chi connectivity index (χ0) is 12.2. The summed E-state index contributed by atoms with van der Waals surface area (Å²) in [5.41, 5.74) is 0. The minimum atomic E-state index is -3.38. The molecule has 0 fully saturated rings. The van der Waals surface area contributed by atoms with Crippen LogP contribution in [0.15, 0.2) is 15.9 Å². The van der Waals surface area contributed by atoms with Gasteiger partial charge in [0.25, 0.3) is 10.2 Å². The van der Waals surface area contributed by atoms with Gasteiger partial charge in [-0.2, -0.15) is 13.1 Å². The average Bonchev–Trinajstić information content (AvgIpc) is 2.59. The molecule has 1 aromatic heterocycles. The second kappa shape index (κ2) is 6.11. The number of thiophene rings is 1. The van der Waals surface area contributed by atoms with E-state index in [0.717, 1.165) is 9.35 Å². The van der Waals surface area contributed by atoms with Crippen molar-refractivity contribution in [2.24, 2.45) is 5.92 Å². The summed E-state index contributed by atoms with van der Waals surface area (Å²) in [6.45, 7) is 4.67. The van der Waals surface area contributed by atoms with E-state index in [9.17, 15) is 8.42 Å². The predicted octanol–water partition coefficient (Wildman–Crippen LogP) is 2.09. The van der Waals surface area contributed by atoms with Crippen molar-refractivity contribution in [3.8, 4) is 0 Å². The highest BCUT2D eigenvalue weighted by Crippen LogP contribution is 2.22. The maximum absolute atomic E-state index is 11.5. The molecule has 7 heteroatoms. The predicted molar refractivity (Wildman–Crippen MR) is 70.6 cm³/mol.